The lowest BCUT2D eigenvalue weighted by atomic mass is 9.92. The van der Waals surface area contributed by atoms with Gasteiger partial charge in [-0.05, 0) is 19.8 Å². The molecule has 118 valence electrons. The smallest absolute Gasteiger partial charge is 0.211 e. The van der Waals surface area contributed by atoms with Crippen LogP contribution in [0.2, 0.25) is 0 Å². The summed E-state index contributed by atoms with van der Waals surface area (Å²) in [5, 5.41) is 6.95. The molecule has 0 amide bonds. The number of H-pyrrole nitrogens is 1. The van der Waals surface area contributed by atoms with Gasteiger partial charge in [-0.3, -0.25) is 15.1 Å². The van der Waals surface area contributed by atoms with Crippen LogP contribution < -0.4 is 0 Å². The van der Waals surface area contributed by atoms with E-state index in [-0.39, 0.29) is 5.92 Å². The minimum absolute atomic E-state index is 0.0569. The monoisotopic (exact) mass is 321 g/mol. The van der Waals surface area contributed by atoms with Crippen molar-refractivity contribution in [1.82, 2.24) is 24.5 Å². The third kappa shape index (κ3) is 2.89. The SMILES string of the molecule is Cc1[nH]ncc1-c1nccnc1[C@H]1CCCN(S(C)(=O)=O)C1. The summed E-state index contributed by atoms with van der Waals surface area (Å²) in [6.07, 6.45) is 8.05. The second kappa shape index (κ2) is 5.77. The molecule has 1 atom stereocenters. The van der Waals surface area contributed by atoms with E-state index in [9.17, 15) is 8.42 Å². The van der Waals surface area contributed by atoms with Crippen LogP contribution in [-0.4, -0.2) is 52.2 Å². The molecule has 2 aromatic rings. The highest BCUT2D eigenvalue weighted by molar-refractivity contribution is 7.88. The van der Waals surface area contributed by atoms with Gasteiger partial charge >= 0.3 is 0 Å². The van der Waals surface area contributed by atoms with Crippen molar-refractivity contribution in [2.75, 3.05) is 19.3 Å². The van der Waals surface area contributed by atoms with Gasteiger partial charge < -0.3 is 0 Å². The lowest BCUT2D eigenvalue weighted by molar-refractivity contribution is 0.314. The van der Waals surface area contributed by atoms with E-state index >= 15 is 0 Å². The average Bonchev–Trinajstić information content (AvgIpc) is 2.92. The Morgan fingerprint density at radius 2 is 2.09 bits per heavy atom. The fraction of sp³-hybridized carbons (Fsp3) is 0.500. The molecule has 8 heteroatoms. The summed E-state index contributed by atoms with van der Waals surface area (Å²) in [6, 6.07) is 0. The van der Waals surface area contributed by atoms with Crippen LogP contribution in [0.1, 0.15) is 30.1 Å². The fourth-order valence-electron chi connectivity index (χ4n) is 2.91. The van der Waals surface area contributed by atoms with Crippen molar-refractivity contribution >= 4 is 10.0 Å². The van der Waals surface area contributed by atoms with Crippen molar-refractivity contribution in [2.24, 2.45) is 0 Å². The number of rotatable bonds is 3. The van der Waals surface area contributed by atoms with Crippen LogP contribution in [0, 0.1) is 6.92 Å². The molecule has 0 bridgehead atoms. The Morgan fingerprint density at radius 1 is 1.32 bits per heavy atom. The van der Waals surface area contributed by atoms with E-state index in [1.807, 2.05) is 6.92 Å². The number of aromatic amines is 1. The molecular formula is C14H19N5O2S. The molecule has 22 heavy (non-hydrogen) atoms. The normalized spacial score (nSPS) is 20.2. The van der Waals surface area contributed by atoms with Gasteiger partial charge in [0.15, 0.2) is 0 Å². The number of nitrogens with one attached hydrogen (secondary N) is 1. The summed E-state index contributed by atoms with van der Waals surface area (Å²) in [4.78, 5) is 8.94. The van der Waals surface area contributed by atoms with Crippen LogP contribution in [0.25, 0.3) is 11.3 Å². The van der Waals surface area contributed by atoms with Crippen LogP contribution in [0.15, 0.2) is 18.6 Å². The predicted octanol–water partition coefficient (Wildman–Crippen LogP) is 1.31. The van der Waals surface area contributed by atoms with E-state index in [2.05, 4.69) is 20.2 Å². The van der Waals surface area contributed by atoms with Crippen molar-refractivity contribution in [3.05, 3.63) is 30.0 Å². The van der Waals surface area contributed by atoms with Gasteiger partial charge in [-0.2, -0.15) is 5.10 Å². The maximum atomic E-state index is 11.8. The minimum Gasteiger partial charge on any atom is -0.282 e. The zero-order chi connectivity index (χ0) is 15.7. The molecule has 0 aliphatic carbocycles. The number of aryl methyl sites for hydroxylation is 1. The van der Waals surface area contributed by atoms with E-state index in [4.69, 9.17) is 0 Å². The summed E-state index contributed by atoms with van der Waals surface area (Å²) < 4.78 is 25.1. The summed E-state index contributed by atoms with van der Waals surface area (Å²) >= 11 is 0. The Balaban J connectivity index is 1.97. The molecule has 3 rings (SSSR count). The average molecular weight is 321 g/mol. The van der Waals surface area contributed by atoms with E-state index in [0.29, 0.717) is 13.1 Å². The molecule has 1 saturated heterocycles. The van der Waals surface area contributed by atoms with Gasteiger partial charge in [-0.25, -0.2) is 12.7 Å². The number of hydrogen-bond donors (Lipinski definition) is 1. The van der Waals surface area contributed by atoms with Gasteiger partial charge in [-0.1, -0.05) is 0 Å². The number of hydrogen-bond acceptors (Lipinski definition) is 5. The van der Waals surface area contributed by atoms with Gasteiger partial charge in [0.1, 0.15) is 0 Å². The summed E-state index contributed by atoms with van der Waals surface area (Å²) in [5.74, 6) is 0.0569. The third-order valence-corrected chi connectivity index (χ3v) is 5.32. The van der Waals surface area contributed by atoms with Gasteiger partial charge in [-0.15, -0.1) is 0 Å². The van der Waals surface area contributed by atoms with Gasteiger partial charge in [0, 0.05) is 42.7 Å². The van der Waals surface area contributed by atoms with Crippen molar-refractivity contribution in [3.63, 3.8) is 0 Å². The number of piperidine rings is 1. The lowest BCUT2D eigenvalue weighted by Gasteiger charge is -2.31. The Hall–Kier alpha value is -1.80. The molecular weight excluding hydrogens is 302 g/mol. The molecule has 0 aromatic carbocycles. The molecule has 7 nitrogen and oxygen atoms in total. The Kier molecular flexibility index (Phi) is 3.96. The standard InChI is InChI=1S/C14H19N5O2S/c1-10-12(8-17-18-10)14-13(15-5-6-16-14)11-4-3-7-19(9-11)22(2,20)21/h5-6,8,11H,3-4,7,9H2,1-2H3,(H,17,18)/t11-/m0/s1. The molecule has 0 saturated carbocycles. The van der Waals surface area contributed by atoms with Crippen molar-refractivity contribution in [1.29, 1.82) is 0 Å². The van der Waals surface area contributed by atoms with E-state index in [1.54, 1.807) is 18.6 Å². The number of aromatic nitrogens is 4. The molecule has 1 N–H and O–H groups in total. The Labute approximate surface area is 129 Å². The summed E-state index contributed by atoms with van der Waals surface area (Å²) in [5.41, 5.74) is 3.48. The molecule has 0 radical (unpaired) electrons. The number of sulfonamides is 1. The van der Waals surface area contributed by atoms with Crippen LogP contribution in [0.5, 0.6) is 0 Å². The fourth-order valence-corrected chi connectivity index (χ4v) is 3.82. The summed E-state index contributed by atoms with van der Waals surface area (Å²) in [6.45, 7) is 2.97. The molecule has 0 unspecified atom stereocenters. The van der Waals surface area contributed by atoms with Crippen molar-refractivity contribution in [3.8, 4) is 11.3 Å². The van der Waals surface area contributed by atoms with E-state index in [1.165, 1.54) is 10.6 Å². The Morgan fingerprint density at radius 3 is 2.77 bits per heavy atom. The Bertz CT molecular complexity index is 771. The van der Waals surface area contributed by atoms with Crippen LogP contribution >= 0.6 is 0 Å². The highest BCUT2D eigenvalue weighted by Crippen LogP contribution is 2.32. The first-order valence-corrected chi connectivity index (χ1v) is 9.08. The molecule has 1 aliphatic rings. The quantitative estimate of drug-likeness (QED) is 0.920. The molecule has 1 fully saturated rings. The second-order valence-electron chi connectivity index (χ2n) is 5.66. The largest absolute Gasteiger partial charge is 0.282 e. The third-order valence-electron chi connectivity index (χ3n) is 4.05. The number of nitrogens with zero attached hydrogens (tertiary/aromatic N) is 4. The topological polar surface area (TPSA) is 91.8 Å². The van der Waals surface area contributed by atoms with Crippen LogP contribution in [0.3, 0.4) is 0 Å². The van der Waals surface area contributed by atoms with Crippen molar-refractivity contribution in [2.45, 2.75) is 25.7 Å². The first kappa shape index (κ1) is 15.1. The first-order chi connectivity index (χ1) is 10.5. The van der Waals surface area contributed by atoms with Crippen LogP contribution in [0.4, 0.5) is 0 Å². The highest BCUT2D eigenvalue weighted by Gasteiger charge is 2.29. The predicted molar refractivity (Wildman–Crippen MR) is 82.7 cm³/mol. The highest BCUT2D eigenvalue weighted by atomic mass is 32.2. The maximum absolute atomic E-state index is 11.8. The minimum atomic E-state index is -3.17. The van der Waals surface area contributed by atoms with Crippen LogP contribution in [-0.2, 0) is 10.0 Å². The van der Waals surface area contributed by atoms with Gasteiger partial charge in [0.05, 0.1) is 23.8 Å². The molecule has 1 aliphatic heterocycles. The maximum Gasteiger partial charge on any atom is 0.211 e. The van der Waals surface area contributed by atoms with Crippen molar-refractivity contribution < 1.29 is 8.42 Å². The lowest BCUT2D eigenvalue weighted by Crippen LogP contribution is -2.38. The summed E-state index contributed by atoms with van der Waals surface area (Å²) in [7, 11) is -3.17. The van der Waals surface area contributed by atoms with E-state index < -0.39 is 10.0 Å². The zero-order valence-electron chi connectivity index (χ0n) is 12.7. The second-order valence-corrected chi connectivity index (χ2v) is 7.64. The van der Waals surface area contributed by atoms with E-state index in [0.717, 1.165) is 35.5 Å². The molecule has 3 heterocycles. The molecule has 0 spiro atoms. The van der Waals surface area contributed by atoms with Gasteiger partial charge in [0.25, 0.3) is 0 Å². The first-order valence-electron chi connectivity index (χ1n) is 7.23. The van der Waals surface area contributed by atoms with Gasteiger partial charge in [0.2, 0.25) is 10.0 Å². The zero-order valence-corrected chi connectivity index (χ0v) is 13.5. The molecule has 2 aromatic heterocycles.